The van der Waals surface area contributed by atoms with Crippen molar-refractivity contribution >= 4 is 14.3 Å². The normalized spacial score (nSPS) is 14.0. The lowest BCUT2D eigenvalue weighted by atomic mass is 10.0. The molecule has 0 aromatic heterocycles. The highest BCUT2D eigenvalue weighted by Crippen LogP contribution is 2.40. The van der Waals surface area contributed by atoms with E-state index in [4.69, 9.17) is 9.16 Å². The van der Waals surface area contributed by atoms with E-state index in [1.165, 1.54) is 12.7 Å². The van der Waals surface area contributed by atoms with E-state index in [0.717, 1.165) is 17.5 Å². The highest BCUT2D eigenvalue weighted by Gasteiger charge is 2.39. The van der Waals surface area contributed by atoms with Crippen molar-refractivity contribution in [1.82, 2.24) is 5.32 Å². The Labute approximate surface area is 205 Å². The molecule has 6 nitrogen and oxygen atoms in total. The number of aromatic hydroxyl groups is 1. The predicted octanol–water partition coefficient (Wildman–Crippen LogP) is 4.88. The molecule has 0 saturated carbocycles. The van der Waals surface area contributed by atoms with Crippen molar-refractivity contribution in [3.8, 4) is 5.75 Å². The minimum absolute atomic E-state index is 0.0551. The third kappa shape index (κ3) is 7.94. The molecule has 0 aliphatic heterocycles. The van der Waals surface area contributed by atoms with Gasteiger partial charge in [-0.25, -0.2) is 0 Å². The van der Waals surface area contributed by atoms with Crippen LogP contribution in [-0.2, 0) is 33.4 Å². The van der Waals surface area contributed by atoms with Crippen LogP contribution in [0.3, 0.4) is 0 Å². The summed E-state index contributed by atoms with van der Waals surface area (Å²) in [5, 5.41) is 23.3. The molecule has 2 aromatic rings. The number of carbonyl (C=O) groups excluding carboxylic acids is 1. The number of methoxy groups -OCH3 is 1. The fourth-order valence-electron chi connectivity index (χ4n) is 3.46. The number of carbonyl (C=O) groups is 1. The highest BCUT2D eigenvalue weighted by molar-refractivity contribution is 6.74. The minimum atomic E-state index is -2.06. The SMILES string of the molecule is COC(=O)Cc1ccc(C[C@@H](C)NC[C@H](O[Si](C)(C)C(C)(C)C)c2ccc(O)c(CO)c2)cc1. The number of aliphatic hydroxyl groups excluding tert-OH is 1. The van der Waals surface area contributed by atoms with E-state index < -0.39 is 8.32 Å². The van der Waals surface area contributed by atoms with Gasteiger partial charge in [0, 0.05) is 18.2 Å². The zero-order chi connectivity index (χ0) is 25.5. The number of esters is 1. The molecule has 2 rings (SSSR count). The van der Waals surface area contributed by atoms with Crippen LogP contribution in [0.5, 0.6) is 5.75 Å². The third-order valence-corrected chi connectivity index (χ3v) is 11.2. The van der Waals surface area contributed by atoms with Crippen LogP contribution in [0.1, 0.15) is 56.1 Å². The zero-order valence-electron chi connectivity index (χ0n) is 21.6. The molecule has 0 unspecified atom stereocenters. The summed E-state index contributed by atoms with van der Waals surface area (Å²) in [6.07, 6.45) is 0.916. The van der Waals surface area contributed by atoms with Crippen molar-refractivity contribution in [3.05, 3.63) is 64.7 Å². The average Bonchev–Trinajstić information content (AvgIpc) is 2.77. The Balaban J connectivity index is 2.11. The molecule has 0 heterocycles. The van der Waals surface area contributed by atoms with Crippen LogP contribution in [0.15, 0.2) is 42.5 Å². The molecule has 0 fully saturated rings. The van der Waals surface area contributed by atoms with Gasteiger partial charge < -0.3 is 24.7 Å². The van der Waals surface area contributed by atoms with Gasteiger partial charge in [-0.2, -0.15) is 0 Å². The molecule has 0 aliphatic rings. The second-order valence-electron chi connectivity index (χ2n) is 10.5. The van der Waals surface area contributed by atoms with Crippen LogP contribution in [0.2, 0.25) is 18.1 Å². The molecule has 0 amide bonds. The van der Waals surface area contributed by atoms with Gasteiger partial charge in [0.25, 0.3) is 0 Å². The molecule has 2 aromatic carbocycles. The summed E-state index contributed by atoms with van der Waals surface area (Å²) in [5.41, 5.74) is 3.56. The van der Waals surface area contributed by atoms with E-state index in [0.29, 0.717) is 12.1 Å². The van der Waals surface area contributed by atoms with E-state index in [1.807, 2.05) is 36.4 Å². The Kier molecular flexibility index (Phi) is 9.88. The maximum Gasteiger partial charge on any atom is 0.309 e. The smallest absolute Gasteiger partial charge is 0.309 e. The Bertz CT molecular complexity index is 937. The maximum atomic E-state index is 11.5. The van der Waals surface area contributed by atoms with E-state index in [1.54, 1.807) is 6.07 Å². The summed E-state index contributed by atoms with van der Waals surface area (Å²) in [4.78, 5) is 11.5. The van der Waals surface area contributed by atoms with Gasteiger partial charge >= 0.3 is 5.97 Å². The molecule has 188 valence electrons. The summed E-state index contributed by atoms with van der Waals surface area (Å²) in [5.74, 6) is -0.150. The first kappa shape index (κ1) is 28.0. The molecule has 2 atom stereocenters. The lowest BCUT2D eigenvalue weighted by Gasteiger charge is -2.40. The molecule has 3 N–H and O–H groups in total. The van der Waals surface area contributed by atoms with E-state index in [2.05, 4.69) is 46.1 Å². The van der Waals surface area contributed by atoms with Crippen molar-refractivity contribution in [1.29, 1.82) is 0 Å². The van der Waals surface area contributed by atoms with Crippen LogP contribution >= 0.6 is 0 Å². The Hall–Kier alpha value is -2.19. The molecule has 0 radical (unpaired) electrons. The van der Waals surface area contributed by atoms with Gasteiger partial charge in [0.2, 0.25) is 0 Å². The fraction of sp³-hybridized carbons (Fsp3) is 0.519. The Morgan fingerprint density at radius 1 is 1.09 bits per heavy atom. The lowest BCUT2D eigenvalue weighted by Crippen LogP contribution is -2.44. The second kappa shape index (κ2) is 12.0. The van der Waals surface area contributed by atoms with Gasteiger partial charge in [-0.1, -0.05) is 51.1 Å². The zero-order valence-corrected chi connectivity index (χ0v) is 22.6. The van der Waals surface area contributed by atoms with E-state index in [9.17, 15) is 15.0 Å². The third-order valence-electron chi connectivity index (χ3n) is 6.68. The molecular weight excluding hydrogens is 446 g/mol. The second-order valence-corrected chi connectivity index (χ2v) is 15.3. The Morgan fingerprint density at radius 3 is 2.26 bits per heavy atom. The van der Waals surface area contributed by atoms with Crippen molar-refractivity contribution in [3.63, 3.8) is 0 Å². The molecule has 0 aliphatic carbocycles. The number of benzene rings is 2. The first-order valence-corrected chi connectivity index (χ1v) is 14.8. The van der Waals surface area contributed by atoms with E-state index >= 15 is 0 Å². The largest absolute Gasteiger partial charge is 0.508 e. The monoisotopic (exact) mass is 487 g/mol. The molecule has 0 bridgehead atoms. The number of nitrogens with one attached hydrogen (secondary N) is 1. The molecule has 0 spiro atoms. The number of phenols is 1. The lowest BCUT2D eigenvalue weighted by molar-refractivity contribution is -0.139. The molecule has 7 heteroatoms. The average molecular weight is 488 g/mol. The van der Waals surface area contributed by atoms with Gasteiger partial charge in [-0.3, -0.25) is 4.79 Å². The highest BCUT2D eigenvalue weighted by atomic mass is 28.4. The first-order valence-electron chi connectivity index (χ1n) is 11.8. The van der Waals surface area contributed by atoms with Crippen molar-refractivity contribution in [2.45, 2.75) is 77.4 Å². The Morgan fingerprint density at radius 2 is 1.71 bits per heavy atom. The number of aliphatic hydroxyl groups is 1. The number of rotatable bonds is 11. The summed E-state index contributed by atoms with van der Waals surface area (Å²) in [7, 11) is -0.666. The number of hydrogen-bond donors (Lipinski definition) is 3. The van der Waals surface area contributed by atoms with Gasteiger partial charge in [-0.15, -0.1) is 0 Å². The first-order chi connectivity index (χ1) is 15.9. The topological polar surface area (TPSA) is 88.0 Å². The molecule has 34 heavy (non-hydrogen) atoms. The fourth-order valence-corrected chi connectivity index (χ4v) is 4.74. The van der Waals surface area contributed by atoms with Crippen LogP contribution < -0.4 is 5.32 Å². The standard InChI is InChI=1S/C27H41NO5Si/c1-19(14-20-8-10-21(11-9-20)15-26(31)32-5)28-17-25(33-34(6,7)27(2,3)4)22-12-13-24(30)23(16-22)18-29/h8-13,16,19,25,28-30H,14-15,17-18H2,1-7H3/t19-,25+/m1/s1. The van der Waals surface area contributed by atoms with Crippen molar-refractivity contribution < 1.29 is 24.2 Å². The van der Waals surface area contributed by atoms with Crippen LogP contribution in [0.4, 0.5) is 0 Å². The van der Waals surface area contributed by atoms with Crippen LogP contribution in [0, 0.1) is 0 Å². The predicted molar refractivity (Wildman–Crippen MR) is 138 cm³/mol. The summed E-state index contributed by atoms with van der Waals surface area (Å²) >= 11 is 0. The van der Waals surface area contributed by atoms with Gasteiger partial charge in [0.05, 0.1) is 26.2 Å². The summed E-state index contributed by atoms with van der Waals surface area (Å²) < 4.78 is 11.5. The number of ether oxygens (including phenoxy) is 1. The van der Waals surface area contributed by atoms with Crippen LogP contribution in [0.25, 0.3) is 0 Å². The van der Waals surface area contributed by atoms with Crippen molar-refractivity contribution in [2.24, 2.45) is 0 Å². The minimum Gasteiger partial charge on any atom is -0.508 e. The summed E-state index contributed by atoms with van der Waals surface area (Å²) in [6, 6.07) is 13.6. The molecular formula is C27H41NO5Si. The van der Waals surface area contributed by atoms with Gasteiger partial charge in [-0.05, 0) is 60.3 Å². The maximum absolute atomic E-state index is 11.5. The van der Waals surface area contributed by atoms with Crippen LogP contribution in [-0.4, -0.2) is 44.2 Å². The van der Waals surface area contributed by atoms with Gasteiger partial charge in [0.15, 0.2) is 8.32 Å². The van der Waals surface area contributed by atoms with Crippen molar-refractivity contribution in [2.75, 3.05) is 13.7 Å². The van der Waals surface area contributed by atoms with E-state index in [-0.39, 0.29) is 41.9 Å². The molecule has 0 saturated heterocycles. The number of hydrogen-bond acceptors (Lipinski definition) is 6. The summed E-state index contributed by atoms with van der Waals surface area (Å²) in [6.45, 7) is 13.6. The quantitative estimate of drug-likeness (QED) is 0.309. The van der Waals surface area contributed by atoms with Gasteiger partial charge in [0.1, 0.15) is 5.75 Å².